The van der Waals surface area contributed by atoms with Crippen LogP contribution in [0.15, 0.2) is 0 Å². The van der Waals surface area contributed by atoms with Crippen LogP contribution in [-0.2, 0) is 4.74 Å². The quantitative estimate of drug-likeness (QED) is 0.593. The minimum absolute atomic E-state index is 0.298. The first-order valence-electron chi connectivity index (χ1n) is 5.46. The molecular weight excluding hydrogens is 164 g/mol. The second-order valence-corrected chi connectivity index (χ2v) is 3.84. The lowest BCUT2D eigenvalue weighted by Crippen LogP contribution is -2.16. The lowest BCUT2D eigenvalue weighted by atomic mass is 10.1. The van der Waals surface area contributed by atoms with E-state index in [2.05, 4.69) is 13.8 Å². The number of aliphatic hydroxyl groups excluding tert-OH is 1. The normalized spacial score (nSPS) is 15.7. The summed E-state index contributed by atoms with van der Waals surface area (Å²) in [6.07, 6.45) is 6.23. The van der Waals surface area contributed by atoms with Crippen molar-refractivity contribution in [3.63, 3.8) is 0 Å². The summed E-state index contributed by atoms with van der Waals surface area (Å²) in [7, 11) is 0. The van der Waals surface area contributed by atoms with Crippen molar-refractivity contribution in [1.29, 1.82) is 0 Å². The van der Waals surface area contributed by atoms with Crippen molar-refractivity contribution in [2.24, 2.45) is 0 Å². The monoisotopic (exact) mass is 188 g/mol. The number of hydrogen-bond donors (Lipinski definition) is 1. The van der Waals surface area contributed by atoms with Gasteiger partial charge >= 0.3 is 0 Å². The van der Waals surface area contributed by atoms with Gasteiger partial charge in [-0.05, 0) is 20.3 Å². The summed E-state index contributed by atoms with van der Waals surface area (Å²) in [6.45, 7) is 6.51. The fraction of sp³-hybridized carbons (Fsp3) is 1.00. The summed E-state index contributed by atoms with van der Waals surface area (Å²) >= 11 is 0. The minimum atomic E-state index is -0.335. The summed E-state index contributed by atoms with van der Waals surface area (Å²) in [5, 5.41) is 8.99. The SMILES string of the molecule is CCCCCCC(C)OCC(C)O. The average molecular weight is 188 g/mol. The van der Waals surface area contributed by atoms with Gasteiger partial charge in [0.2, 0.25) is 0 Å². The van der Waals surface area contributed by atoms with Crippen LogP contribution in [0.3, 0.4) is 0 Å². The highest BCUT2D eigenvalue weighted by molar-refractivity contribution is 4.53. The summed E-state index contributed by atoms with van der Waals surface area (Å²) < 4.78 is 5.43. The van der Waals surface area contributed by atoms with Crippen LogP contribution in [0.5, 0.6) is 0 Å². The third-order valence-corrected chi connectivity index (χ3v) is 2.09. The van der Waals surface area contributed by atoms with Gasteiger partial charge in [-0.25, -0.2) is 0 Å². The van der Waals surface area contributed by atoms with Crippen molar-refractivity contribution in [3.05, 3.63) is 0 Å². The molecule has 1 N–H and O–H groups in total. The zero-order valence-electron chi connectivity index (χ0n) is 9.25. The van der Waals surface area contributed by atoms with Crippen molar-refractivity contribution in [3.8, 4) is 0 Å². The van der Waals surface area contributed by atoms with E-state index in [-0.39, 0.29) is 6.10 Å². The van der Waals surface area contributed by atoms with Gasteiger partial charge in [-0.15, -0.1) is 0 Å². The van der Waals surface area contributed by atoms with Crippen molar-refractivity contribution in [1.82, 2.24) is 0 Å². The smallest absolute Gasteiger partial charge is 0.0745 e. The second-order valence-electron chi connectivity index (χ2n) is 3.84. The molecule has 13 heavy (non-hydrogen) atoms. The first-order valence-corrected chi connectivity index (χ1v) is 5.46. The Morgan fingerprint density at radius 2 is 1.85 bits per heavy atom. The van der Waals surface area contributed by atoms with Crippen LogP contribution < -0.4 is 0 Å². The summed E-state index contributed by atoms with van der Waals surface area (Å²) in [4.78, 5) is 0. The number of unbranched alkanes of at least 4 members (excludes halogenated alkanes) is 3. The zero-order chi connectivity index (χ0) is 10.1. The van der Waals surface area contributed by atoms with Gasteiger partial charge in [0.15, 0.2) is 0 Å². The number of hydrogen-bond acceptors (Lipinski definition) is 2. The molecule has 0 saturated heterocycles. The molecule has 2 unspecified atom stereocenters. The maximum absolute atomic E-state index is 8.99. The maximum atomic E-state index is 8.99. The molecule has 0 aromatic carbocycles. The molecule has 0 aromatic heterocycles. The first-order chi connectivity index (χ1) is 6.16. The summed E-state index contributed by atoms with van der Waals surface area (Å²) in [5.41, 5.74) is 0. The molecule has 0 spiro atoms. The second kappa shape index (κ2) is 8.52. The molecule has 0 radical (unpaired) electrons. The number of aliphatic hydroxyl groups is 1. The Bertz CT molecular complexity index is 102. The van der Waals surface area contributed by atoms with Crippen molar-refractivity contribution >= 4 is 0 Å². The molecule has 2 atom stereocenters. The van der Waals surface area contributed by atoms with E-state index in [9.17, 15) is 0 Å². The molecule has 0 bridgehead atoms. The molecule has 0 rings (SSSR count). The fourth-order valence-electron chi connectivity index (χ4n) is 1.25. The van der Waals surface area contributed by atoms with Gasteiger partial charge < -0.3 is 9.84 Å². The average Bonchev–Trinajstić information content (AvgIpc) is 2.09. The fourth-order valence-corrected chi connectivity index (χ4v) is 1.25. The van der Waals surface area contributed by atoms with Gasteiger partial charge in [0.25, 0.3) is 0 Å². The number of rotatable bonds is 8. The third kappa shape index (κ3) is 9.84. The first kappa shape index (κ1) is 12.9. The summed E-state index contributed by atoms with van der Waals surface area (Å²) in [5.74, 6) is 0. The van der Waals surface area contributed by atoms with Crippen LogP contribution in [0.25, 0.3) is 0 Å². The zero-order valence-corrected chi connectivity index (χ0v) is 9.25. The molecule has 0 heterocycles. The van der Waals surface area contributed by atoms with E-state index in [0.29, 0.717) is 12.7 Å². The Balaban J connectivity index is 3.15. The Morgan fingerprint density at radius 1 is 1.15 bits per heavy atom. The van der Waals surface area contributed by atoms with E-state index in [1.165, 1.54) is 25.7 Å². The van der Waals surface area contributed by atoms with E-state index in [1.54, 1.807) is 6.92 Å². The highest BCUT2D eigenvalue weighted by Gasteiger charge is 2.03. The van der Waals surface area contributed by atoms with Crippen LogP contribution in [0, 0.1) is 0 Å². The van der Waals surface area contributed by atoms with Gasteiger partial charge in [-0.1, -0.05) is 32.6 Å². The van der Waals surface area contributed by atoms with Crippen LogP contribution >= 0.6 is 0 Å². The Hall–Kier alpha value is -0.0800. The summed E-state index contributed by atoms with van der Waals surface area (Å²) in [6, 6.07) is 0. The van der Waals surface area contributed by atoms with E-state index in [1.807, 2.05) is 0 Å². The largest absolute Gasteiger partial charge is 0.391 e. The number of ether oxygens (including phenoxy) is 1. The van der Waals surface area contributed by atoms with Crippen molar-refractivity contribution in [2.45, 2.75) is 65.1 Å². The Morgan fingerprint density at radius 3 is 2.38 bits per heavy atom. The van der Waals surface area contributed by atoms with Crippen LogP contribution in [0.4, 0.5) is 0 Å². The molecule has 0 aliphatic heterocycles. The molecule has 0 amide bonds. The van der Waals surface area contributed by atoms with Crippen molar-refractivity contribution < 1.29 is 9.84 Å². The lowest BCUT2D eigenvalue weighted by Gasteiger charge is -2.13. The van der Waals surface area contributed by atoms with E-state index in [0.717, 1.165) is 6.42 Å². The molecular formula is C11H24O2. The molecule has 0 fully saturated rings. The maximum Gasteiger partial charge on any atom is 0.0745 e. The van der Waals surface area contributed by atoms with Gasteiger partial charge in [0.1, 0.15) is 0 Å². The Kier molecular flexibility index (Phi) is 8.46. The molecule has 0 aliphatic carbocycles. The molecule has 2 nitrogen and oxygen atoms in total. The standard InChI is InChI=1S/C11H24O2/c1-4-5-6-7-8-11(3)13-9-10(2)12/h10-12H,4-9H2,1-3H3. The van der Waals surface area contributed by atoms with Crippen LogP contribution in [-0.4, -0.2) is 23.9 Å². The topological polar surface area (TPSA) is 29.5 Å². The van der Waals surface area contributed by atoms with Gasteiger partial charge in [-0.2, -0.15) is 0 Å². The van der Waals surface area contributed by atoms with Crippen LogP contribution in [0.2, 0.25) is 0 Å². The predicted octanol–water partition coefficient (Wildman–Crippen LogP) is 2.74. The molecule has 0 aromatic rings. The molecule has 2 heteroatoms. The Labute approximate surface area is 82.3 Å². The highest BCUT2D eigenvalue weighted by Crippen LogP contribution is 2.07. The highest BCUT2D eigenvalue weighted by atomic mass is 16.5. The molecule has 0 saturated carbocycles. The van der Waals surface area contributed by atoms with Crippen LogP contribution in [0.1, 0.15) is 52.9 Å². The van der Waals surface area contributed by atoms with E-state index in [4.69, 9.17) is 9.84 Å². The third-order valence-electron chi connectivity index (χ3n) is 2.09. The van der Waals surface area contributed by atoms with E-state index >= 15 is 0 Å². The molecule has 0 aliphatic rings. The van der Waals surface area contributed by atoms with Gasteiger partial charge in [-0.3, -0.25) is 0 Å². The molecule has 80 valence electrons. The van der Waals surface area contributed by atoms with Gasteiger partial charge in [0, 0.05) is 0 Å². The predicted molar refractivity (Wildman–Crippen MR) is 55.9 cm³/mol. The minimum Gasteiger partial charge on any atom is -0.391 e. The lowest BCUT2D eigenvalue weighted by molar-refractivity contribution is 0.00123. The van der Waals surface area contributed by atoms with Crippen molar-refractivity contribution in [2.75, 3.05) is 6.61 Å². The van der Waals surface area contributed by atoms with Gasteiger partial charge in [0.05, 0.1) is 18.8 Å². The van der Waals surface area contributed by atoms with E-state index < -0.39 is 0 Å².